The monoisotopic (exact) mass is 294 g/mol. The maximum atomic E-state index is 12.1. The Balaban J connectivity index is 2.06. The molecule has 6 nitrogen and oxygen atoms in total. The highest BCUT2D eigenvalue weighted by molar-refractivity contribution is 7.91. The maximum absolute atomic E-state index is 12.1. The molecule has 1 fully saturated rings. The molecule has 0 aromatic carbocycles. The molecule has 1 amide bonds. The van der Waals surface area contributed by atoms with Crippen LogP contribution in [0.1, 0.15) is 16.1 Å². The molecular formula is C13H14N2O4S. The summed E-state index contributed by atoms with van der Waals surface area (Å²) in [6, 6.07) is 3.19. The third-order valence-corrected chi connectivity index (χ3v) is 4.54. The van der Waals surface area contributed by atoms with Crippen molar-refractivity contribution >= 4 is 15.7 Å². The summed E-state index contributed by atoms with van der Waals surface area (Å²) in [7, 11) is -3.00. The first kappa shape index (κ1) is 14.5. The summed E-state index contributed by atoms with van der Waals surface area (Å²) in [5.41, 5.74) is 0.871. The van der Waals surface area contributed by atoms with E-state index in [1.807, 2.05) is 0 Å². The number of aliphatic hydroxyl groups is 1. The minimum Gasteiger partial charge on any atom is -0.384 e. The Bertz CT molecular complexity index is 642. The number of amides is 1. The van der Waals surface area contributed by atoms with Crippen molar-refractivity contribution in [1.82, 2.24) is 9.88 Å². The van der Waals surface area contributed by atoms with E-state index in [4.69, 9.17) is 5.11 Å². The summed E-state index contributed by atoms with van der Waals surface area (Å²) in [5.74, 6) is 4.89. The van der Waals surface area contributed by atoms with Crippen molar-refractivity contribution in [3.05, 3.63) is 29.6 Å². The van der Waals surface area contributed by atoms with Crippen molar-refractivity contribution in [3.8, 4) is 11.8 Å². The van der Waals surface area contributed by atoms with Crippen molar-refractivity contribution in [2.45, 2.75) is 0 Å². The molecule has 0 spiro atoms. The molecule has 106 valence electrons. The van der Waals surface area contributed by atoms with Crippen molar-refractivity contribution in [3.63, 3.8) is 0 Å². The van der Waals surface area contributed by atoms with Gasteiger partial charge in [0.15, 0.2) is 9.84 Å². The van der Waals surface area contributed by atoms with Gasteiger partial charge in [-0.05, 0) is 12.1 Å². The van der Waals surface area contributed by atoms with Crippen LogP contribution in [-0.4, -0.2) is 60.5 Å². The topological polar surface area (TPSA) is 87.6 Å². The third kappa shape index (κ3) is 3.56. The highest BCUT2D eigenvalue weighted by Gasteiger charge is 2.26. The quantitative estimate of drug-likeness (QED) is 0.692. The summed E-state index contributed by atoms with van der Waals surface area (Å²) in [4.78, 5) is 17.6. The number of sulfone groups is 1. The second-order valence-corrected chi connectivity index (χ2v) is 6.64. The largest absolute Gasteiger partial charge is 0.384 e. The summed E-state index contributed by atoms with van der Waals surface area (Å²) in [5, 5.41) is 8.58. The van der Waals surface area contributed by atoms with Gasteiger partial charge >= 0.3 is 0 Å². The van der Waals surface area contributed by atoms with Crippen LogP contribution in [0.25, 0.3) is 0 Å². The standard InChI is InChI=1S/C13H14N2O4S/c16-7-1-2-11-3-4-12(14-10-11)13(17)15-5-8-20(18,19)9-6-15/h3-4,10,16H,5-9H2. The zero-order valence-electron chi connectivity index (χ0n) is 10.7. The van der Waals surface area contributed by atoms with Gasteiger partial charge in [0.1, 0.15) is 12.3 Å². The molecule has 1 aliphatic rings. The van der Waals surface area contributed by atoms with E-state index >= 15 is 0 Å². The Hall–Kier alpha value is -1.91. The molecule has 1 N–H and O–H groups in total. The molecule has 20 heavy (non-hydrogen) atoms. The van der Waals surface area contributed by atoms with Gasteiger partial charge in [-0.3, -0.25) is 4.79 Å². The number of carbonyl (C=O) groups is 1. The number of hydrogen-bond acceptors (Lipinski definition) is 5. The lowest BCUT2D eigenvalue weighted by Gasteiger charge is -2.26. The van der Waals surface area contributed by atoms with Gasteiger partial charge in [0.25, 0.3) is 5.91 Å². The zero-order chi connectivity index (χ0) is 14.6. The lowest BCUT2D eigenvalue weighted by molar-refractivity contribution is 0.0764. The van der Waals surface area contributed by atoms with Crippen LogP contribution in [0.15, 0.2) is 18.3 Å². The van der Waals surface area contributed by atoms with Crippen molar-refractivity contribution in [2.75, 3.05) is 31.2 Å². The summed E-state index contributed by atoms with van der Waals surface area (Å²) in [6.45, 7) is 0.173. The minimum atomic E-state index is -3.00. The van der Waals surface area contributed by atoms with E-state index in [9.17, 15) is 13.2 Å². The van der Waals surface area contributed by atoms with Crippen LogP contribution in [-0.2, 0) is 9.84 Å². The predicted octanol–water partition coefficient (Wildman–Crippen LogP) is -0.704. The fourth-order valence-corrected chi connectivity index (χ4v) is 3.01. The van der Waals surface area contributed by atoms with Gasteiger partial charge in [-0.15, -0.1) is 0 Å². The number of rotatable bonds is 1. The van der Waals surface area contributed by atoms with Gasteiger partial charge in [0.2, 0.25) is 0 Å². The molecule has 0 unspecified atom stereocenters. The highest BCUT2D eigenvalue weighted by atomic mass is 32.2. The Labute approximate surface area is 117 Å². The van der Waals surface area contributed by atoms with Crippen LogP contribution in [0.5, 0.6) is 0 Å². The van der Waals surface area contributed by atoms with E-state index in [-0.39, 0.29) is 42.8 Å². The van der Waals surface area contributed by atoms with Crippen LogP contribution >= 0.6 is 0 Å². The molecule has 1 aliphatic heterocycles. The zero-order valence-corrected chi connectivity index (χ0v) is 11.6. The van der Waals surface area contributed by atoms with Gasteiger partial charge in [0, 0.05) is 24.8 Å². The third-order valence-electron chi connectivity index (χ3n) is 2.93. The first-order chi connectivity index (χ1) is 9.52. The second kappa shape index (κ2) is 6.03. The van der Waals surface area contributed by atoms with Crippen LogP contribution in [0.2, 0.25) is 0 Å². The van der Waals surface area contributed by atoms with Gasteiger partial charge in [-0.25, -0.2) is 13.4 Å². The molecule has 1 saturated heterocycles. The fraction of sp³-hybridized carbons (Fsp3) is 0.385. The number of nitrogens with zero attached hydrogens (tertiary/aromatic N) is 2. The molecule has 0 bridgehead atoms. The number of pyridine rings is 1. The van der Waals surface area contributed by atoms with E-state index in [2.05, 4.69) is 16.8 Å². The average molecular weight is 294 g/mol. The lowest BCUT2D eigenvalue weighted by Crippen LogP contribution is -2.43. The van der Waals surface area contributed by atoms with Crippen LogP contribution in [0.4, 0.5) is 0 Å². The number of aliphatic hydroxyl groups excluding tert-OH is 1. The van der Waals surface area contributed by atoms with Crippen LogP contribution < -0.4 is 0 Å². The van der Waals surface area contributed by atoms with E-state index < -0.39 is 9.84 Å². The molecule has 0 aliphatic carbocycles. The molecular weight excluding hydrogens is 280 g/mol. The van der Waals surface area contributed by atoms with Gasteiger partial charge in [-0.2, -0.15) is 0 Å². The fourth-order valence-electron chi connectivity index (χ4n) is 1.81. The maximum Gasteiger partial charge on any atom is 0.272 e. The Kier molecular flexibility index (Phi) is 4.37. The molecule has 7 heteroatoms. The summed E-state index contributed by atoms with van der Waals surface area (Å²) < 4.78 is 22.6. The molecule has 0 radical (unpaired) electrons. The summed E-state index contributed by atoms with van der Waals surface area (Å²) in [6.07, 6.45) is 1.45. The SMILES string of the molecule is O=C(c1ccc(C#CCO)cn1)N1CCS(=O)(=O)CC1. The highest BCUT2D eigenvalue weighted by Crippen LogP contribution is 2.09. The molecule has 0 saturated carbocycles. The average Bonchev–Trinajstić information content (AvgIpc) is 2.45. The number of carbonyl (C=O) groups excluding carboxylic acids is 1. The van der Waals surface area contributed by atoms with Gasteiger partial charge in [0.05, 0.1) is 11.5 Å². The Morgan fingerprint density at radius 2 is 2.05 bits per heavy atom. The molecule has 1 aromatic heterocycles. The molecule has 1 aromatic rings. The normalized spacial score (nSPS) is 17.1. The Morgan fingerprint density at radius 1 is 1.35 bits per heavy atom. The van der Waals surface area contributed by atoms with Gasteiger partial charge < -0.3 is 10.0 Å². The first-order valence-electron chi connectivity index (χ1n) is 6.07. The van der Waals surface area contributed by atoms with Crippen molar-refractivity contribution in [1.29, 1.82) is 0 Å². The number of aromatic nitrogens is 1. The predicted molar refractivity (Wildman–Crippen MR) is 72.8 cm³/mol. The smallest absolute Gasteiger partial charge is 0.272 e. The summed E-state index contributed by atoms with van der Waals surface area (Å²) >= 11 is 0. The molecule has 0 atom stereocenters. The van der Waals surface area contributed by atoms with E-state index in [0.717, 1.165) is 0 Å². The van der Waals surface area contributed by atoms with E-state index in [1.165, 1.54) is 11.1 Å². The molecule has 2 heterocycles. The van der Waals surface area contributed by atoms with Gasteiger partial charge in [-0.1, -0.05) is 11.8 Å². The van der Waals surface area contributed by atoms with Crippen molar-refractivity contribution < 1.29 is 18.3 Å². The minimum absolute atomic E-state index is 0.00119. The van der Waals surface area contributed by atoms with Crippen molar-refractivity contribution in [2.24, 2.45) is 0 Å². The first-order valence-corrected chi connectivity index (χ1v) is 7.89. The van der Waals surface area contributed by atoms with Crippen LogP contribution in [0.3, 0.4) is 0 Å². The Morgan fingerprint density at radius 3 is 2.60 bits per heavy atom. The second-order valence-electron chi connectivity index (χ2n) is 4.34. The van der Waals surface area contributed by atoms with E-state index in [1.54, 1.807) is 12.1 Å². The lowest BCUT2D eigenvalue weighted by atomic mass is 10.2. The number of hydrogen-bond donors (Lipinski definition) is 1. The molecule has 2 rings (SSSR count). The van der Waals surface area contributed by atoms with E-state index in [0.29, 0.717) is 5.56 Å². The van der Waals surface area contributed by atoms with Crippen LogP contribution in [0, 0.1) is 11.8 Å².